The lowest BCUT2D eigenvalue weighted by molar-refractivity contribution is -0.123. The van der Waals surface area contributed by atoms with Crippen LogP contribution in [0.3, 0.4) is 0 Å². The molecule has 0 saturated carbocycles. The summed E-state index contributed by atoms with van der Waals surface area (Å²) in [5.74, 6) is 0.404. The number of rotatable bonds is 7. The zero-order valence-electron chi connectivity index (χ0n) is 13.6. The molecule has 2 aromatic carbocycles. The van der Waals surface area contributed by atoms with E-state index in [4.69, 9.17) is 4.74 Å². The van der Waals surface area contributed by atoms with Crippen LogP contribution in [0.15, 0.2) is 59.7 Å². The van der Waals surface area contributed by atoms with E-state index in [-0.39, 0.29) is 12.5 Å². The maximum atomic E-state index is 11.7. The van der Waals surface area contributed by atoms with Crippen molar-refractivity contribution in [2.24, 2.45) is 5.10 Å². The van der Waals surface area contributed by atoms with E-state index in [9.17, 15) is 4.79 Å². The molecule has 0 bridgehead atoms. The first-order chi connectivity index (χ1) is 11.2. The molecule has 1 N–H and O–H groups in total. The van der Waals surface area contributed by atoms with Crippen LogP contribution in [0.25, 0.3) is 11.1 Å². The Kier molecular flexibility index (Phi) is 6.36. The molecule has 0 unspecified atom stereocenters. The second kappa shape index (κ2) is 8.73. The van der Waals surface area contributed by atoms with Gasteiger partial charge in [0.25, 0.3) is 5.91 Å². The SMILES string of the molecule is CCC/C(C)=N\NC(=O)COc1ccc(-c2ccccc2)cc1. The smallest absolute Gasteiger partial charge is 0.277 e. The fourth-order valence-electron chi connectivity index (χ4n) is 2.13. The molecule has 2 rings (SSSR count). The van der Waals surface area contributed by atoms with Gasteiger partial charge in [0.2, 0.25) is 0 Å². The molecule has 0 heterocycles. The molecule has 4 heteroatoms. The van der Waals surface area contributed by atoms with Crippen molar-refractivity contribution in [3.63, 3.8) is 0 Å². The van der Waals surface area contributed by atoms with Gasteiger partial charge in [-0.2, -0.15) is 5.10 Å². The molecular weight excluding hydrogens is 288 g/mol. The molecule has 2 aromatic rings. The average Bonchev–Trinajstić information content (AvgIpc) is 2.59. The number of hydrogen-bond acceptors (Lipinski definition) is 3. The molecule has 0 saturated heterocycles. The summed E-state index contributed by atoms with van der Waals surface area (Å²) in [7, 11) is 0. The predicted molar refractivity (Wildman–Crippen MR) is 93.5 cm³/mol. The van der Waals surface area contributed by atoms with Crippen molar-refractivity contribution >= 4 is 11.6 Å². The van der Waals surface area contributed by atoms with Gasteiger partial charge >= 0.3 is 0 Å². The minimum atomic E-state index is -0.257. The van der Waals surface area contributed by atoms with E-state index < -0.39 is 0 Å². The minimum Gasteiger partial charge on any atom is -0.484 e. The lowest BCUT2D eigenvalue weighted by Gasteiger charge is -2.07. The summed E-state index contributed by atoms with van der Waals surface area (Å²) in [5.41, 5.74) is 5.67. The van der Waals surface area contributed by atoms with Gasteiger partial charge in [0.15, 0.2) is 6.61 Å². The van der Waals surface area contributed by atoms with E-state index in [1.807, 2.05) is 49.4 Å². The van der Waals surface area contributed by atoms with E-state index >= 15 is 0 Å². The Labute approximate surface area is 137 Å². The fraction of sp³-hybridized carbons (Fsp3) is 0.263. The average molecular weight is 310 g/mol. The van der Waals surface area contributed by atoms with Crippen LogP contribution in [0.1, 0.15) is 26.7 Å². The first-order valence-electron chi connectivity index (χ1n) is 7.79. The molecule has 0 aliphatic carbocycles. The highest BCUT2D eigenvalue weighted by molar-refractivity contribution is 5.84. The van der Waals surface area contributed by atoms with Gasteiger partial charge in [-0.1, -0.05) is 55.8 Å². The van der Waals surface area contributed by atoms with Gasteiger partial charge in [0.05, 0.1) is 0 Å². The number of nitrogens with zero attached hydrogens (tertiary/aromatic N) is 1. The summed E-state index contributed by atoms with van der Waals surface area (Å²) in [4.78, 5) is 11.7. The number of amides is 1. The second-order valence-corrected chi connectivity index (χ2v) is 5.31. The highest BCUT2D eigenvalue weighted by Crippen LogP contribution is 2.21. The van der Waals surface area contributed by atoms with E-state index in [2.05, 4.69) is 29.6 Å². The lowest BCUT2D eigenvalue weighted by Crippen LogP contribution is -2.25. The molecular formula is C19H22N2O2. The Morgan fingerprint density at radius 3 is 2.35 bits per heavy atom. The maximum Gasteiger partial charge on any atom is 0.277 e. The van der Waals surface area contributed by atoms with Gasteiger partial charge in [-0.15, -0.1) is 0 Å². The van der Waals surface area contributed by atoms with Crippen molar-refractivity contribution in [2.75, 3.05) is 6.61 Å². The van der Waals surface area contributed by atoms with Crippen LogP contribution in [-0.2, 0) is 4.79 Å². The van der Waals surface area contributed by atoms with Gasteiger partial charge in [-0.25, -0.2) is 5.43 Å². The van der Waals surface area contributed by atoms with Crippen LogP contribution in [0.4, 0.5) is 0 Å². The molecule has 4 nitrogen and oxygen atoms in total. The lowest BCUT2D eigenvalue weighted by atomic mass is 10.1. The van der Waals surface area contributed by atoms with Gasteiger partial charge < -0.3 is 4.74 Å². The van der Waals surface area contributed by atoms with E-state index in [0.717, 1.165) is 29.7 Å². The Hall–Kier alpha value is -2.62. The fourth-order valence-corrected chi connectivity index (χ4v) is 2.13. The quantitative estimate of drug-likeness (QED) is 0.620. The molecule has 0 atom stereocenters. The second-order valence-electron chi connectivity index (χ2n) is 5.31. The summed E-state index contributed by atoms with van der Waals surface area (Å²) in [6.07, 6.45) is 1.89. The normalized spacial score (nSPS) is 11.1. The van der Waals surface area contributed by atoms with Gasteiger partial charge in [-0.05, 0) is 36.6 Å². The molecule has 0 fully saturated rings. The van der Waals surface area contributed by atoms with Crippen LogP contribution >= 0.6 is 0 Å². The van der Waals surface area contributed by atoms with Crippen molar-refractivity contribution in [3.05, 3.63) is 54.6 Å². The van der Waals surface area contributed by atoms with Crippen LogP contribution in [-0.4, -0.2) is 18.2 Å². The Morgan fingerprint density at radius 1 is 1.04 bits per heavy atom. The summed E-state index contributed by atoms with van der Waals surface area (Å²) in [6, 6.07) is 17.8. The van der Waals surface area contributed by atoms with E-state index in [1.165, 1.54) is 0 Å². The zero-order valence-corrected chi connectivity index (χ0v) is 13.6. The van der Waals surface area contributed by atoms with Crippen molar-refractivity contribution in [1.82, 2.24) is 5.43 Å². The Balaban J connectivity index is 1.84. The number of carbonyl (C=O) groups excluding carboxylic acids is 1. The number of hydrogen-bond donors (Lipinski definition) is 1. The van der Waals surface area contributed by atoms with E-state index in [0.29, 0.717) is 5.75 Å². The van der Waals surface area contributed by atoms with Crippen LogP contribution in [0.2, 0.25) is 0 Å². The largest absolute Gasteiger partial charge is 0.484 e. The summed E-state index contributed by atoms with van der Waals surface area (Å²) in [6.45, 7) is 3.92. The predicted octanol–water partition coefficient (Wildman–Crippen LogP) is 4.02. The minimum absolute atomic E-state index is 0.0480. The number of carbonyl (C=O) groups is 1. The summed E-state index contributed by atoms with van der Waals surface area (Å²) in [5, 5.41) is 4.02. The standard InChI is InChI=1S/C19H22N2O2/c1-3-7-15(2)20-21-19(22)14-23-18-12-10-17(11-13-18)16-8-5-4-6-9-16/h4-6,8-13H,3,7,14H2,1-2H3,(H,21,22)/b20-15-. The zero-order chi connectivity index (χ0) is 16.5. The third kappa shape index (κ3) is 5.58. The third-order valence-electron chi connectivity index (χ3n) is 3.31. The first-order valence-corrected chi connectivity index (χ1v) is 7.79. The Morgan fingerprint density at radius 2 is 1.70 bits per heavy atom. The van der Waals surface area contributed by atoms with Crippen molar-refractivity contribution < 1.29 is 9.53 Å². The summed E-state index contributed by atoms with van der Waals surface area (Å²) >= 11 is 0. The number of ether oxygens (including phenoxy) is 1. The highest BCUT2D eigenvalue weighted by atomic mass is 16.5. The molecule has 0 aliphatic rings. The van der Waals surface area contributed by atoms with Gasteiger partial charge in [0, 0.05) is 5.71 Å². The Bertz CT molecular complexity index is 649. The number of nitrogens with one attached hydrogen (secondary N) is 1. The van der Waals surface area contributed by atoms with Crippen LogP contribution < -0.4 is 10.2 Å². The number of benzene rings is 2. The van der Waals surface area contributed by atoms with Crippen LogP contribution in [0.5, 0.6) is 5.75 Å². The first kappa shape index (κ1) is 16.7. The van der Waals surface area contributed by atoms with Crippen LogP contribution in [0, 0.1) is 0 Å². The van der Waals surface area contributed by atoms with Gasteiger partial charge in [0.1, 0.15) is 5.75 Å². The number of hydrazone groups is 1. The highest BCUT2D eigenvalue weighted by Gasteiger charge is 2.03. The molecule has 0 spiro atoms. The monoisotopic (exact) mass is 310 g/mol. The summed E-state index contributed by atoms with van der Waals surface area (Å²) < 4.78 is 5.47. The molecule has 23 heavy (non-hydrogen) atoms. The van der Waals surface area contributed by atoms with Crippen molar-refractivity contribution in [1.29, 1.82) is 0 Å². The topological polar surface area (TPSA) is 50.7 Å². The van der Waals surface area contributed by atoms with Gasteiger partial charge in [-0.3, -0.25) is 4.79 Å². The molecule has 0 radical (unpaired) electrons. The molecule has 0 aliphatic heterocycles. The maximum absolute atomic E-state index is 11.7. The molecule has 1 amide bonds. The molecule has 120 valence electrons. The van der Waals surface area contributed by atoms with Crippen molar-refractivity contribution in [3.8, 4) is 16.9 Å². The third-order valence-corrected chi connectivity index (χ3v) is 3.31. The van der Waals surface area contributed by atoms with E-state index in [1.54, 1.807) is 0 Å². The van der Waals surface area contributed by atoms with Crippen molar-refractivity contribution in [2.45, 2.75) is 26.7 Å². The molecule has 0 aromatic heterocycles.